The molecule has 0 heterocycles. The van der Waals surface area contributed by atoms with Crippen LogP contribution < -0.4 is 9.47 Å². The topological polar surface area (TPSA) is 18.5 Å². The third-order valence-corrected chi connectivity index (χ3v) is 4.38. The summed E-state index contributed by atoms with van der Waals surface area (Å²) in [5.74, 6) is 2.94. The van der Waals surface area contributed by atoms with Crippen molar-refractivity contribution in [2.75, 3.05) is 13.7 Å². The van der Waals surface area contributed by atoms with E-state index in [9.17, 15) is 0 Å². The summed E-state index contributed by atoms with van der Waals surface area (Å²) in [4.78, 5) is 0. The monoisotopic (exact) mass is 332 g/mol. The third-order valence-electron chi connectivity index (χ3n) is 3.85. The Hall–Kier alpha value is -0.600. The van der Waals surface area contributed by atoms with Crippen LogP contribution in [-0.2, 0) is 11.8 Å². The summed E-state index contributed by atoms with van der Waals surface area (Å²) in [6, 6.07) is 3.83. The molecule has 1 aromatic rings. The van der Waals surface area contributed by atoms with Gasteiger partial charge in [0.05, 0.1) is 25.5 Å². The van der Waals surface area contributed by atoms with Gasteiger partial charge in [-0.05, 0) is 24.5 Å². The average molecular weight is 333 g/mol. The first kappa shape index (κ1) is 18.4. The highest BCUT2D eigenvalue weighted by Crippen LogP contribution is 2.33. The lowest BCUT2D eigenvalue weighted by molar-refractivity contribution is 0.231. The largest absolute Gasteiger partial charge is 0.496 e. The Balaban J connectivity index is 2.82. The molecule has 2 nitrogen and oxygen atoms in total. The van der Waals surface area contributed by atoms with Crippen molar-refractivity contribution in [2.24, 2.45) is 5.92 Å². The Kier molecular flexibility index (Phi) is 8.94. The van der Waals surface area contributed by atoms with Crippen molar-refractivity contribution in [3.05, 3.63) is 23.3 Å². The molecule has 1 unspecified atom stereocenters. The van der Waals surface area contributed by atoms with Crippen LogP contribution in [0.25, 0.3) is 0 Å². The molecule has 0 spiro atoms. The Labute approximate surface area is 138 Å². The molecule has 0 N–H and O–H groups in total. The zero-order valence-corrected chi connectivity index (χ0v) is 14.8. The summed E-state index contributed by atoms with van der Waals surface area (Å²) in [6.07, 6.45) is 4.82. The van der Waals surface area contributed by atoms with E-state index in [1.807, 2.05) is 12.1 Å². The summed E-state index contributed by atoms with van der Waals surface area (Å²) in [6.45, 7) is 5.16. The molecule has 0 aliphatic heterocycles. The maximum absolute atomic E-state index is 6.08. The summed E-state index contributed by atoms with van der Waals surface area (Å²) in [7, 11) is 1.64. The maximum Gasteiger partial charge on any atom is 0.124 e. The summed E-state index contributed by atoms with van der Waals surface area (Å²) < 4.78 is 11.4. The number of benzene rings is 1. The molecule has 0 saturated carbocycles. The second-order valence-electron chi connectivity index (χ2n) is 5.22. The molecule has 0 bridgehead atoms. The van der Waals surface area contributed by atoms with E-state index >= 15 is 0 Å². The van der Waals surface area contributed by atoms with E-state index in [4.69, 9.17) is 32.7 Å². The second-order valence-corrected chi connectivity index (χ2v) is 5.75. The first-order valence-electron chi connectivity index (χ1n) is 7.65. The molecule has 0 aliphatic carbocycles. The van der Waals surface area contributed by atoms with Crippen LogP contribution in [0.1, 0.15) is 50.7 Å². The molecule has 1 atom stereocenters. The lowest BCUT2D eigenvalue weighted by Gasteiger charge is -2.19. The second kappa shape index (κ2) is 10.2. The van der Waals surface area contributed by atoms with Gasteiger partial charge in [-0.2, -0.15) is 0 Å². The molecular weight excluding hydrogens is 307 g/mol. The maximum atomic E-state index is 6.08. The van der Waals surface area contributed by atoms with Crippen molar-refractivity contribution in [1.82, 2.24) is 0 Å². The van der Waals surface area contributed by atoms with Crippen molar-refractivity contribution < 1.29 is 9.47 Å². The van der Waals surface area contributed by atoms with Crippen LogP contribution in [0.2, 0.25) is 0 Å². The van der Waals surface area contributed by atoms with Crippen molar-refractivity contribution in [3.63, 3.8) is 0 Å². The van der Waals surface area contributed by atoms with Crippen LogP contribution in [0.15, 0.2) is 12.1 Å². The zero-order valence-electron chi connectivity index (χ0n) is 13.3. The van der Waals surface area contributed by atoms with Crippen LogP contribution in [0.4, 0.5) is 0 Å². The molecule has 1 rings (SSSR count). The van der Waals surface area contributed by atoms with E-state index in [-0.39, 0.29) is 0 Å². The van der Waals surface area contributed by atoms with Crippen molar-refractivity contribution in [2.45, 2.75) is 51.3 Å². The van der Waals surface area contributed by atoms with Crippen molar-refractivity contribution in [3.8, 4) is 11.5 Å². The summed E-state index contributed by atoms with van der Waals surface area (Å²) in [5.41, 5.74) is 1.87. The quantitative estimate of drug-likeness (QED) is 0.506. The number of methoxy groups -OCH3 is 1. The summed E-state index contributed by atoms with van der Waals surface area (Å²) >= 11 is 12.1. The molecule has 0 aromatic heterocycles. The van der Waals surface area contributed by atoms with Crippen LogP contribution >= 0.6 is 23.2 Å². The fraction of sp³-hybridized carbons (Fsp3) is 0.647. The van der Waals surface area contributed by atoms with Gasteiger partial charge in [0.2, 0.25) is 0 Å². The molecule has 0 amide bonds. The molecule has 120 valence electrons. The number of hydrogen-bond donors (Lipinski definition) is 0. The van der Waals surface area contributed by atoms with E-state index in [1.54, 1.807) is 7.11 Å². The van der Waals surface area contributed by atoms with Gasteiger partial charge >= 0.3 is 0 Å². The fourth-order valence-corrected chi connectivity index (χ4v) is 2.96. The van der Waals surface area contributed by atoms with Gasteiger partial charge in [-0.25, -0.2) is 0 Å². The van der Waals surface area contributed by atoms with E-state index < -0.39 is 0 Å². The predicted molar refractivity (Wildman–Crippen MR) is 90.9 cm³/mol. The molecule has 0 saturated heterocycles. The van der Waals surface area contributed by atoms with E-state index in [1.165, 1.54) is 19.3 Å². The first-order chi connectivity index (χ1) is 10.2. The number of rotatable bonds is 10. The molecular formula is C17H26Cl2O2. The van der Waals surface area contributed by atoms with Crippen LogP contribution in [0.5, 0.6) is 11.5 Å². The average Bonchev–Trinajstić information content (AvgIpc) is 2.53. The van der Waals surface area contributed by atoms with Crippen molar-refractivity contribution >= 4 is 23.2 Å². The van der Waals surface area contributed by atoms with Crippen LogP contribution in [-0.4, -0.2) is 13.7 Å². The smallest absolute Gasteiger partial charge is 0.124 e. The normalized spacial score (nSPS) is 12.2. The molecule has 0 aliphatic rings. The number of unbranched alkanes of at least 4 members (excludes halogenated alkanes) is 1. The highest BCUT2D eigenvalue weighted by molar-refractivity contribution is 6.19. The Bertz CT molecular complexity index is 421. The predicted octanol–water partition coefficient (Wildman–Crippen LogP) is 5.77. The number of alkyl halides is 2. The SMILES string of the molecule is CCCCC(CC)COc1ccc(OC)c(CCl)c1CCl. The highest BCUT2D eigenvalue weighted by atomic mass is 35.5. The number of halogens is 2. The molecule has 0 fully saturated rings. The van der Waals surface area contributed by atoms with Gasteiger partial charge in [0.15, 0.2) is 0 Å². The Morgan fingerprint density at radius 3 is 2.19 bits per heavy atom. The third kappa shape index (κ3) is 5.27. The minimum atomic E-state index is 0.371. The molecule has 21 heavy (non-hydrogen) atoms. The first-order valence-corrected chi connectivity index (χ1v) is 8.72. The zero-order chi connectivity index (χ0) is 15.7. The minimum Gasteiger partial charge on any atom is -0.496 e. The lowest BCUT2D eigenvalue weighted by Crippen LogP contribution is -2.12. The highest BCUT2D eigenvalue weighted by Gasteiger charge is 2.15. The van der Waals surface area contributed by atoms with Gasteiger partial charge in [-0.1, -0.05) is 33.1 Å². The van der Waals surface area contributed by atoms with Gasteiger partial charge in [0.25, 0.3) is 0 Å². The minimum absolute atomic E-state index is 0.371. The van der Waals surface area contributed by atoms with E-state index in [2.05, 4.69) is 13.8 Å². The van der Waals surface area contributed by atoms with E-state index in [0.717, 1.165) is 35.7 Å². The van der Waals surface area contributed by atoms with Gasteiger partial charge in [-0.15, -0.1) is 23.2 Å². The lowest BCUT2D eigenvalue weighted by atomic mass is 10.0. The summed E-state index contributed by atoms with van der Waals surface area (Å²) in [5, 5.41) is 0. The Morgan fingerprint density at radius 1 is 1.05 bits per heavy atom. The van der Waals surface area contributed by atoms with Gasteiger partial charge in [0.1, 0.15) is 11.5 Å². The van der Waals surface area contributed by atoms with Gasteiger partial charge in [0, 0.05) is 11.1 Å². The molecule has 1 aromatic carbocycles. The number of ether oxygens (including phenoxy) is 2. The van der Waals surface area contributed by atoms with Gasteiger partial charge < -0.3 is 9.47 Å². The van der Waals surface area contributed by atoms with Crippen molar-refractivity contribution in [1.29, 1.82) is 0 Å². The van der Waals surface area contributed by atoms with Crippen LogP contribution in [0.3, 0.4) is 0 Å². The number of hydrogen-bond acceptors (Lipinski definition) is 2. The van der Waals surface area contributed by atoms with E-state index in [0.29, 0.717) is 17.7 Å². The molecule has 4 heteroatoms. The van der Waals surface area contributed by atoms with Crippen LogP contribution in [0, 0.1) is 5.92 Å². The molecule has 0 radical (unpaired) electrons. The Morgan fingerprint density at radius 2 is 1.67 bits per heavy atom. The standard InChI is InChI=1S/C17H26Cl2O2/c1-4-6-7-13(5-2)12-21-17-9-8-16(20-3)14(10-18)15(17)11-19/h8-9,13H,4-7,10-12H2,1-3H3. The fourth-order valence-electron chi connectivity index (χ4n) is 2.38. The van der Waals surface area contributed by atoms with Gasteiger partial charge in [-0.3, -0.25) is 0 Å².